The third kappa shape index (κ3) is 3.75. The summed E-state index contributed by atoms with van der Waals surface area (Å²) in [5.41, 5.74) is 1.27. The minimum Gasteiger partial charge on any atom is -0.393 e. The van der Waals surface area contributed by atoms with E-state index in [2.05, 4.69) is 47.4 Å². The molecule has 2 heteroatoms. The number of hydrogen-bond acceptors (Lipinski definition) is 2. The van der Waals surface area contributed by atoms with Crippen molar-refractivity contribution in [1.29, 1.82) is 0 Å². The van der Waals surface area contributed by atoms with Gasteiger partial charge in [-0.05, 0) is 37.8 Å². The third-order valence-electron chi connectivity index (χ3n) is 5.14. The molecule has 1 heterocycles. The second-order valence-electron chi connectivity index (χ2n) is 6.53. The Hall–Kier alpha value is -1.12. The molecule has 0 aromatic heterocycles. The molecule has 1 aromatic carbocycles. The Morgan fingerprint density at radius 2 is 1.90 bits per heavy atom. The van der Waals surface area contributed by atoms with Crippen molar-refractivity contribution in [1.82, 2.24) is 4.90 Å². The molecule has 2 fully saturated rings. The molecule has 1 saturated carbocycles. The number of rotatable bonds is 4. The van der Waals surface area contributed by atoms with Gasteiger partial charge >= 0.3 is 0 Å². The maximum Gasteiger partial charge on any atom is 0.0583 e. The summed E-state index contributed by atoms with van der Waals surface area (Å²) in [6.45, 7) is 2.20. The van der Waals surface area contributed by atoms with E-state index < -0.39 is 0 Å². The van der Waals surface area contributed by atoms with Gasteiger partial charge in [-0.2, -0.15) is 0 Å². The van der Waals surface area contributed by atoms with Crippen molar-refractivity contribution in [3.8, 4) is 0 Å². The van der Waals surface area contributed by atoms with Crippen LogP contribution in [0.15, 0.2) is 36.4 Å². The summed E-state index contributed by atoms with van der Waals surface area (Å²) >= 11 is 0. The van der Waals surface area contributed by atoms with Gasteiger partial charge < -0.3 is 5.11 Å². The Kier molecular flexibility index (Phi) is 5.10. The number of likely N-dealkylation sites (tertiary alicyclic amines) is 1. The van der Waals surface area contributed by atoms with Gasteiger partial charge in [-0.25, -0.2) is 0 Å². The van der Waals surface area contributed by atoms with E-state index in [1.807, 2.05) is 0 Å². The van der Waals surface area contributed by atoms with Crippen molar-refractivity contribution >= 4 is 6.08 Å². The van der Waals surface area contributed by atoms with E-state index in [1.54, 1.807) is 0 Å². The quantitative estimate of drug-likeness (QED) is 0.911. The second kappa shape index (κ2) is 7.24. The van der Waals surface area contributed by atoms with Crippen molar-refractivity contribution in [2.75, 3.05) is 13.1 Å². The number of aliphatic hydroxyl groups is 1. The third-order valence-corrected chi connectivity index (χ3v) is 5.14. The highest BCUT2D eigenvalue weighted by Gasteiger charge is 2.36. The van der Waals surface area contributed by atoms with Gasteiger partial charge in [0.25, 0.3) is 0 Å². The van der Waals surface area contributed by atoms with Crippen LogP contribution in [-0.4, -0.2) is 35.2 Å². The Balaban J connectivity index is 1.60. The zero-order valence-corrected chi connectivity index (χ0v) is 12.8. The lowest BCUT2D eigenvalue weighted by Crippen LogP contribution is -2.46. The van der Waals surface area contributed by atoms with E-state index in [0.29, 0.717) is 12.0 Å². The van der Waals surface area contributed by atoms with Gasteiger partial charge in [0.15, 0.2) is 0 Å². The molecule has 114 valence electrons. The lowest BCUT2D eigenvalue weighted by atomic mass is 9.88. The molecule has 0 radical (unpaired) electrons. The Morgan fingerprint density at radius 1 is 1.05 bits per heavy atom. The predicted octanol–water partition coefficient (Wildman–Crippen LogP) is 3.72. The lowest BCUT2D eigenvalue weighted by Gasteiger charge is -2.39. The fourth-order valence-electron chi connectivity index (χ4n) is 4.03. The number of hydrogen-bond donors (Lipinski definition) is 1. The molecule has 0 spiro atoms. The van der Waals surface area contributed by atoms with Crippen LogP contribution >= 0.6 is 0 Å². The Bertz CT molecular complexity index is 456. The first-order valence-electron chi connectivity index (χ1n) is 8.48. The molecule has 0 bridgehead atoms. The van der Waals surface area contributed by atoms with Crippen LogP contribution in [0.2, 0.25) is 0 Å². The van der Waals surface area contributed by atoms with Crippen LogP contribution in [0.3, 0.4) is 0 Å². The summed E-state index contributed by atoms with van der Waals surface area (Å²) in [7, 11) is 0. The van der Waals surface area contributed by atoms with Crippen LogP contribution in [0.25, 0.3) is 6.08 Å². The van der Waals surface area contributed by atoms with Gasteiger partial charge in [0, 0.05) is 18.5 Å². The fourth-order valence-corrected chi connectivity index (χ4v) is 4.03. The molecule has 3 atom stereocenters. The van der Waals surface area contributed by atoms with E-state index in [1.165, 1.54) is 44.2 Å². The number of aliphatic hydroxyl groups excluding tert-OH is 1. The minimum atomic E-state index is -0.0614. The predicted molar refractivity (Wildman–Crippen MR) is 88.0 cm³/mol. The second-order valence-corrected chi connectivity index (χ2v) is 6.53. The zero-order valence-electron chi connectivity index (χ0n) is 12.8. The highest BCUT2D eigenvalue weighted by molar-refractivity contribution is 5.48. The first kappa shape index (κ1) is 14.8. The van der Waals surface area contributed by atoms with E-state index in [0.717, 1.165) is 13.0 Å². The molecule has 0 amide bonds. The van der Waals surface area contributed by atoms with E-state index in [4.69, 9.17) is 0 Å². The van der Waals surface area contributed by atoms with Crippen LogP contribution in [0.5, 0.6) is 0 Å². The van der Waals surface area contributed by atoms with Gasteiger partial charge in [-0.1, -0.05) is 55.3 Å². The van der Waals surface area contributed by atoms with Gasteiger partial charge in [0.05, 0.1) is 6.10 Å². The van der Waals surface area contributed by atoms with Gasteiger partial charge in [0.1, 0.15) is 0 Å². The van der Waals surface area contributed by atoms with Gasteiger partial charge in [0.2, 0.25) is 0 Å². The summed E-state index contributed by atoms with van der Waals surface area (Å²) in [4.78, 5) is 2.60. The van der Waals surface area contributed by atoms with Crippen LogP contribution in [-0.2, 0) is 0 Å². The SMILES string of the molecule is OC1CCCC1C1CCCCN1C/C=C/c1ccccc1. The largest absolute Gasteiger partial charge is 0.393 e. The minimum absolute atomic E-state index is 0.0614. The molecule has 1 aromatic rings. The van der Waals surface area contributed by atoms with Crippen molar-refractivity contribution in [2.24, 2.45) is 5.92 Å². The highest BCUT2D eigenvalue weighted by Crippen LogP contribution is 2.35. The zero-order chi connectivity index (χ0) is 14.5. The first-order valence-corrected chi connectivity index (χ1v) is 8.48. The Labute approximate surface area is 128 Å². The monoisotopic (exact) mass is 285 g/mol. The maximum atomic E-state index is 10.2. The Morgan fingerprint density at radius 3 is 2.67 bits per heavy atom. The van der Waals surface area contributed by atoms with Crippen molar-refractivity contribution in [3.63, 3.8) is 0 Å². The van der Waals surface area contributed by atoms with E-state index in [-0.39, 0.29) is 6.10 Å². The van der Waals surface area contributed by atoms with Crippen molar-refractivity contribution in [2.45, 2.75) is 50.7 Å². The molecule has 1 saturated heterocycles. The molecule has 3 rings (SSSR count). The molecule has 1 aliphatic heterocycles. The number of nitrogens with zero attached hydrogens (tertiary/aromatic N) is 1. The molecule has 21 heavy (non-hydrogen) atoms. The summed E-state index contributed by atoms with van der Waals surface area (Å²) in [6.07, 6.45) is 11.8. The lowest BCUT2D eigenvalue weighted by molar-refractivity contribution is 0.0418. The molecule has 1 N–H and O–H groups in total. The van der Waals surface area contributed by atoms with Gasteiger partial charge in [-0.3, -0.25) is 4.90 Å². The standard InChI is InChI=1S/C19H27NO/c21-19-13-6-11-17(19)18-12-4-5-14-20(18)15-7-10-16-8-2-1-3-9-16/h1-3,7-10,17-19,21H,4-6,11-15H2/b10-7+. The van der Waals surface area contributed by atoms with Crippen LogP contribution in [0, 0.1) is 5.92 Å². The summed E-state index contributed by atoms with van der Waals surface area (Å²) in [5.74, 6) is 0.510. The maximum absolute atomic E-state index is 10.2. The molecule has 3 unspecified atom stereocenters. The molecule has 2 aliphatic rings. The fraction of sp³-hybridized carbons (Fsp3) is 0.579. The van der Waals surface area contributed by atoms with Crippen molar-refractivity contribution < 1.29 is 5.11 Å². The number of piperidine rings is 1. The topological polar surface area (TPSA) is 23.5 Å². The molecule has 2 nitrogen and oxygen atoms in total. The van der Waals surface area contributed by atoms with Crippen LogP contribution in [0.1, 0.15) is 44.1 Å². The van der Waals surface area contributed by atoms with Crippen LogP contribution in [0.4, 0.5) is 0 Å². The normalized spacial score (nSPS) is 31.0. The van der Waals surface area contributed by atoms with E-state index >= 15 is 0 Å². The first-order chi connectivity index (χ1) is 10.3. The average Bonchev–Trinajstić information content (AvgIpc) is 2.95. The average molecular weight is 285 g/mol. The van der Waals surface area contributed by atoms with Gasteiger partial charge in [-0.15, -0.1) is 0 Å². The molecular weight excluding hydrogens is 258 g/mol. The summed E-state index contributed by atoms with van der Waals surface area (Å²) in [5, 5.41) is 10.2. The molecular formula is C19H27NO. The van der Waals surface area contributed by atoms with Crippen LogP contribution < -0.4 is 0 Å². The summed E-state index contributed by atoms with van der Waals surface area (Å²) in [6, 6.07) is 11.1. The number of benzene rings is 1. The molecule has 1 aliphatic carbocycles. The smallest absolute Gasteiger partial charge is 0.0583 e. The van der Waals surface area contributed by atoms with Crippen molar-refractivity contribution in [3.05, 3.63) is 42.0 Å². The highest BCUT2D eigenvalue weighted by atomic mass is 16.3. The van der Waals surface area contributed by atoms with E-state index in [9.17, 15) is 5.11 Å². The summed E-state index contributed by atoms with van der Waals surface area (Å²) < 4.78 is 0.